The zero-order valence-corrected chi connectivity index (χ0v) is 20.7. The molecule has 3 aromatic rings. The van der Waals surface area contributed by atoms with Crippen LogP contribution in [0.5, 0.6) is 0 Å². The summed E-state index contributed by atoms with van der Waals surface area (Å²) in [6.45, 7) is 6.41. The Morgan fingerprint density at radius 3 is 2.63 bits per heavy atom. The minimum absolute atomic E-state index is 0.129. The van der Waals surface area contributed by atoms with E-state index in [4.69, 9.17) is 9.72 Å². The number of anilines is 2. The summed E-state index contributed by atoms with van der Waals surface area (Å²) in [6.07, 6.45) is -1.90. The summed E-state index contributed by atoms with van der Waals surface area (Å²) in [4.78, 5) is 23.0. The molecule has 0 atom stereocenters. The van der Waals surface area contributed by atoms with Gasteiger partial charge >= 0.3 is 6.18 Å². The number of amides is 1. The second-order valence-corrected chi connectivity index (χ2v) is 9.23. The fraction of sp³-hybridized carbons (Fsp3) is 0.321. The third-order valence-electron chi connectivity index (χ3n) is 6.51. The molecule has 2 saturated heterocycles. The molecule has 2 fully saturated rings. The minimum atomic E-state index is -4.64. The summed E-state index contributed by atoms with van der Waals surface area (Å²) in [5, 5.41) is 5.92. The van der Waals surface area contributed by atoms with Gasteiger partial charge in [0.1, 0.15) is 11.4 Å². The topological polar surface area (TPSA) is 79.4 Å². The SMILES string of the molecule is Cc1ccc(NC(=O)c2ccnc(C(F)(F)F)c2)cc1-c1cnc(C#CC2CNC2)c(N2CCOCC2)c1. The van der Waals surface area contributed by atoms with Gasteiger partial charge in [-0.3, -0.25) is 9.78 Å². The number of hydrogen-bond acceptors (Lipinski definition) is 6. The van der Waals surface area contributed by atoms with Gasteiger partial charge in [0.05, 0.1) is 18.9 Å². The van der Waals surface area contributed by atoms with Crippen molar-refractivity contribution < 1.29 is 22.7 Å². The second kappa shape index (κ2) is 10.8. The standard InChI is InChI=1S/C28H26F3N5O2/c1-18-2-4-22(35-27(37)20-6-7-33-26(13-20)28(29,30)31)14-23(18)21-12-25(36-8-10-38-11-9-36)24(34-17-21)5-3-19-15-32-16-19/h2,4,6-7,12-14,17,19,32H,8-11,15-16H2,1H3,(H,35,37). The van der Waals surface area contributed by atoms with Crippen LogP contribution in [0, 0.1) is 24.7 Å². The number of aryl methyl sites for hydroxylation is 1. The van der Waals surface area contributed by atoms with Gasteiger partial charge in [-0.2, -0.15) is 13.2 Å². The van der Waals surface area contributed by atoms with Crippen LogP contribution in [0.4, 0.5) is 24.5 Å². The number of nitrogens with one attached hydrogen (secondary N) is 2. The van der Waals surface area contributed by atoms with E-state index in [-0.39, 0.29) is 5.56 Å². The summed E-state index contributed by atoms with van der Waals surface area (Å²) in [6, 6.07) is 9.40. The first-order chi connectivity index (χ1) is 18.3. The summed E-state index contributed by atoms with van der Waals surface area (Å²) < 4.78 is 44.6. The summed E-state index contributed by atoms with van der Waals surface area (Å²) in [5.41, 5.74) is 3.50. The number of nitrogens with zero attached hydrogens (tertiary/aromatic N) is 3. The summed E-state index contributed by atoms with van der Waals surface area (Å²) in [5.74, 6) is 6.21. The lowest BCUT2D eigenvalue weighted by atomic mass is 9.99. The highest BCUT2D eigenvalue weighted by Gasteiger charge is 2.33. The largest absolute Gasteiger partial charge is 0.433 e. The molecule has 0 bridgehead atoms. The highest BCUT2D eigenvalue weighted by molar-refractivity contribution is 6.04. The number of aromatic nitrogens is 2. The monoisotopic (exact) mass is 521 g/mol. The molecule has 196 valence electrons. The molecule has 0 aliphatic carbocycles. The van der Waals surface area contributed by atoms with E-state index in [1.165, 1.54) is 6.07 Å². The predicted octanol–water partition coefficient (Wildman–Crippen LogP) is 4.13. The Kier molecular flexibility index (Phi) is 7.31. The lowest BCUT2D eigenvalue weighted by Crippen LogP contribution is -2.41. The molecule has 38 heavy (non-hydrogen) atoms. The van der Waals surface area contributed by atoms with Crippen LogP contribution in [-0.2, 0) is 10.9 Å². The fourth-order valence-corrected chi connectivity index (χ4v) is 4.24. The molecule has 7 nitrogen and oxygen atoms in total. The van der Waals surface area contributed by atoms with E-state index in [2.05, 4.69) is 32.4 Å². The molecule has 4 heterocycles. The Balaban J connectivity index is 1.44. The van der Waals surface area contributed by atoms with Crippen LogP contribution in [0.15, 0.2) is 48.8 Å². The number of hydrogen-bond donors (Lipinski definition) is 2. The van der Waals surface area contributed by atoms with Crippen molar-refractivity contribution in [1.82, 2.24) is 15.3 Å². The number of rotatable bonds is 4. The number of pyridine rings is 2. The van der Waals surface area contributed by atoms with E-state index in [0.717, 1.165) is 60.8 Å². The van der Waals surface area contributed by atoms with Crippen LogP contribution >= 0.6 is 0 Å². The van der Waals surface area contributed by atoms with Crippen LogP contribution in [0.1, 0.15) is 27.3 Å². The Morgan fingerprint density at radius 2 is 1.92 bits per heavy atom. The molecule has 2 aromatic heterocycles. The quantitative estimate of drug-likeness (QED) is 0.503. The van der Waals surface area contributed by atoms with E-state index in [1.807, 2.05) is 19.1 Å². The van der Waals surface area contributed by atoms with Gasteiger partial charge in [-0.25, -0.2) is 4.98 Å². The van der Waals surface area contributed by atoms with Crippen molar-refractivity contribution in [2.45, 2.75) is 13.1 Å². The molecule has 0 radical (unpaired) electrons. The van der Waals surface area contributed by atoms with E-state index < -0.39 is 17.8 Å². The molecule has 2 N–H and O–H groups in total. The van der Waals surface area contributed by atoms with Crippen molar-refractivity contribution in [2.24, 2.45) is 5.92 Å². The van der Waals surface area contributed by atoms with Gasteiger partial charge in [-0.15, -0.1) is 0 Å². The zero-order chi connectivity index (χ0) is 26.7. The van der Waals surface area contributed by atoms with E-state index >= 15 is 0 Å². The maximum absolute atomic E-state index is 13.0. The molecular formula is C28H26F3N5O2. The van der Waals surface area contributed by atoms with E-state index in [9.17, 15) is 18.0 Å². The number of benzene rings is 1. The number of carbonyl (C=O) groups excluding carboxylic acids is 1. The zero-order valence-electron chi connectivity index (χ0n) is 20.7. The Morgan fingerprint density at radius 1 is 1.13 bits per heavy atom. The summed E-state index contributed by atoms with van der Waals surface area (Å²) in [7, 11) is 0. The van der Waals surface area contributed by atoms with Crippen LogP contribution in [0.2, 0.25) is 0 Å². The number of carbonyl (C=O) groups is 1. The lowest BCUT2D eigenvalue weighted by molar-refractivity contribution is -0.141. The van der Waals surface area contributed by atoms with Gasteiger partial charge < -0.3 is 20.3 Å². The van der Waals surface area contributed by atoms with Crippen LogP contribution in [0.3, 0.4) is 0 Å². The Hall–Kier alpha value is -3.94. The van der Waals surface area contributed by atoms with Crippen molar-refractivity contribution in [2.75, 3.05) is 49.6 Å². The van der Waals surface area contributed by atoms with Crippen molar-refractivity contribution in [3.8, 4) is 23.0 Å². The van der Waals surface area contributed by atoms with Crippen molar-refractivity contribution in [1.29, 1.82) is 0 Å². The molecule has 1 aromatic carbocycles. The summed E-state index contributed by atoms with van der Waals surface area (Å²) >= 11 is 0. The lowest BCUT2D eigenvalue weighted by Gasteiger charge is -2.30. The second-order valence-electron chi connectivity index (χ2n) is 9.23. The average molecular weight is 522 g/mol. The van der Waals surface area contributed by atoms with Gasteiger partial charge in [0, 0.05) is 61.3 Å². The van der Waals surface area contributed by atoms with Gasteiger partial charge in [-0.05, 0) is 54.3 Å². The van der Waals surface area contributed by atoms with E-state index in [0.29, 0.717) is 30.5 Å². The first kappa shape index (κ1) is 25.7. The molecule has 0 unspecified atom stereocenters. The van der Waals surface area contributed by atoms with Crippen molar-refractivity contribution in [3.05, 3.63) is 71.3 Å². The predicted molar refractivity (Wildman–Crippen MR) is 138 cm³/mol. The molecular weight excluding hydrogens is 495 g/mol. The highest BCUT2D eigenvalue weighted by Crippen LogP contribution is 2.32. The van der Waals surface area contributed by atoms with Crippen LogP contribution in [0.25, 0.3) is 11.1 Å². The van der Waals surface area contributed by atoms with Gasteiger partial charge in [0.2, 0.25) is 0 Å². The molecule has 10 heteroatoms. The highest BCUT2D eigenvalue weighted by atomic mass is 19.4. The third kappa shape index (κ3) is 5.79. The Bertz CT molecular complexity index is 1400. The number of ether oxygens (including phenoxy) is 1. The molecule has 2 aliphatic heterocycles. The fourth-order valence-electron chi connectivity index (χ4n) is 4.24. The van der Waals surface area contributed by atoms with Crippen molar-refractivity contribution >= 4 is 17.3 Å². The van der Waals surface area contributed by atoms with Gasteiger partial charge in [0.15, 0.2) is 0 Å². The van der Waals surface area contributed by atoms with E-state index in [1.54, 1.807) is 18.3 Å². The first-order valence-corrected chi connectivity index (χ1v) is 12.3. The molecule has 0 saturated carbocycles. The van der Waals surface area contributed by atoms with Gasteiger partial charge in [0.25, 0.3) is 5.91 Å². The molecule has 1 amide bonds. The van der Waals surface area contributed by atoms with Crippen molar-refractivity contribution in [3.63, 3.8) is 0 Å². The first-order valence-electron chi connectivity index (χ1n) is 12.3. The molecule has 5 rings (SSSR count). The smallest absolute Gasteiger partial charge is 0.378 e. The Labute approximate surface area is 218 Å². The molecule has 0 spiro atoms. The minimum Gasteiger partial charge on any atom is -0.378 e. The number of morpholine rings is 1. The number of alkyl halides is 3. The van der Waals surface area contributed by atoms with Crippen LogP contribution in [-0.4, -0.2) is 55.3 Å². The molecule has 2 aliphatic rings. The maximum Gasteiger partial charge on any atom is 0.433 e. The van der Waals surface area contributed by atoms with Crippen LogP contribution < -0.4 is 15.5 Å². The maximum atomic E-state index is 13.0. The third-order valence-corrected chi connectivity index (χ3v) is 6.51. The average Bonchev–Trinajstić information content (AvgIpc) is 2.89. The normalized spacial score (nSPS) is 15.8. The van der Waals surface area contributed by atoms with Gasteiger partial charge in [-0.1, -0.05) is 12.0 Å². The number of halogens is 3.